The van der Waals surface area contributed by atoms with Crippen molar-refractivity contribution in [1.29, 1.82) is 0 Å². The summed E-state index contributed by atoms with van der Waals surface area (Å²) in [5, 5.41) is 2.64. The molecule has 0 N–H and O–H groups in total. The number of benzene rings is 11. The Morgan fingerprint density at radius 2 is 0.782 bits per heavy atom. The maximum atomic E-state index is 2.76. The summed E-state index contributed by atoms with van der Waals surface area (Å²) in [5.74, 6) is 0. The van der Waals surface area contributed by atoms with Gasteiger partial charge in [-0.1, -0.05) is 290 Å². The highest BCUT2D eigenvalue weighted by Crippen LogP contribution is 2.57. The van der Waals surface area contributed by atoms with Gasteiger partial charge in [-0.2, -0.15) is 0 Å². The highest BCUT2D eigenvalue weighted by Gasteiger charge is 2.50. The summed E-state index contributed by atoms with van der Waals surface area (Å²) in [6.07, 6.45) is 4.97. The summed E-state index contributed by atoms with van der Waals surface area (Å²) in [6.45, 7) is 21.5. The van der Waals surface area contributed by atoms with Crippen LogP contribution in [0.4, 0.5) is 0 Å². The molecule has 87 heavy (non-hydrogen) atoms. The summed E-state index contributed by atoms with van der Waals surface area (Å²) in [5.41, 5.74) is 32.0. The van der Waals surface area contributed by atoms with E-state index in [0.29, 0.717) is 0 Å². The quantitative estimate of drug-likeness (QED) is 0.147. The van der Waals surface area contributed by atoms with Gasteiger partial charge in [0.2, 0.25) is 13.4 Å². The molecule has 12 aromatic rings. The molecule has 0 atom stereocenters. The minimum Gasteiger partial charge on any atom is -0.309 e. The van der Waals surface area contributed by atoms with Crippen molar-refractivity contribution in [2.24, 2.45) is 0 Å². The van der Waals surface area contributed by atoms with Crippen molar-refractivity contribution in [1.82, 2.24) is 4.57 Å². The third-order valence-electron chi connectivity index (χ3n) is 20.6. The third-order valence-corrected chi connectivity index (χ3v) is 23.1. The van der Waals surface area contributed by atoms with Crippen LogP contribution in [0.1, 0.15) is 99.2 Å². The average molecular weight is 1160 g/mol. The maximum Gasteiger partial charge on any atom is 0.245 e. The molecule has 11 aromatic carbocycles. The lowest BCUT2D eigenvalue weighted by molar-refractivity contribution is 0.187. The number of nitrogens with zero attached hydrogens (tertiary/aromatic N) is 1. The Kier molecular flexibility index (Phi) is 12.7. The fraction of sp³-hybridized carbons (Fsp3) is 0.195. The summed E-state index contributed by atoms with van der Waals surface area (Å²) >= 11 is 4.11. The first-order valence-corrected chi connectivity index (χ1v) is 33.2. The van der Waals surface area contributed by atoms with Crippen molar-refractivity contribution >= 4 is 91.5 Å². The van der Waals surface area contributed by atoms with Gasteiger partial charge >= 0.3 is 0 Å². The molecule has 2 bridgehead atoms. The van der Waals surface area contributed by atoms with Crippen molar-refractivity contribution in [3.05, 3.63) is 257 Å². The summed E-state index contributed by atoms with van der Waals surface area (Å²) in [6, 6.07) is 84.6. The third kappa shape index (κ3) is 8.60. The largest absolute Gasteiger partial charge is 0.309 e. The second-order valence-electron chi connectivity index (χ2n) is 27.5. The van der Waals surface area contributed by atoms with Gasteiger partial charge in [0.15, 0.2) is 0 Å². The van der Waals surface area contributed by atoms with E-state index in [2.05, 4.69) is 297 Å². The zero-order chi connectivity index (χ0) is 59.3. The lowest BCUT2D eigenvalue weighted by Gasteiger charge is -2.53. The molecule has 0 saturated heterocycles. The molecular weight excluding hydrogens is 1080 g/mol. The van der Waals surface area contributed by atoms with Gasteiger partial charge in [-0.3, -0.25) is 0 Å². The van der Waals surface area contributed by atoms with Crippen LogP contribution in [-0.2, 0) is 16.2 Å². The zero-order valence-electron chi connectivity index (χ0n) is 51.5. The molecule has 2 aliphatic heterocycles. The van der Waals surface area contributed by atoms with Gasteiger partial charge in [-0.15, -0.1) is 0 Å². The molecule has 3 heterocycles. The fourth-order valence-corrected chi connectivity index (χ4v) is 19.6. The van der Waals surface area contributed by atoms with Gasteiger partial charge in [0.05, 0.1) is 11.0 Å². The smallest absolute Gasteiger partial charge is 0.245 e. The standard InChI is InChI=1S/C82H71B2NS2/c1-50-42-52(3)76-63(44-50)64-45-51(2)43-53(4)77(64)85(76)58-36-37-67-71(46-58)86-78-69(83(67)74-59(54-24-14-10-15-25-54)32-22-33-60(74)55-26-16-11-17-27-55)49-70-79(73(78)80(5,6)7)87-72-48-66-65(81(8)38-40-82(66,9)41-39-81)47-68(72)84(70)75-61(56-28-18-12-19-29-56)34-23-35-62(75)57-30-20-13-21-31-57/h10-37,42-49H,38-41H2,1-9H3. The molecule has 5 aliphatic rings. The Morgan fingerprint density at radius 1 is 0.391 bits per heavy atom. The van der Waals surface area contributed by atoms with Crippen LogP contribution in [0.2, 0.25) is 0 Å². The number of hydrogen-bond donors (Lipinski definition) is 0. The van der Waals surface area contributed by atoms with Crippen LogP contribution in [0.3, 0.4) is 0 Å². The molecule has 1 aromatic heterocycles. The highest BCUT2D eigenvalue weighted by molar-refractivity contribution is 8.01. The van der Waals surface area contributed by atoms with E-state index < -0.39 is 0 Å². The first-order chi connectivity index (χ1) is 42.1. The van der Waals surface area contributed by atoms with Crippen LogP contribution in [0.25, 0.3) is 72.0 Å². The van der Waals surface area contributed by atoms with Crippen molar-refractivity contribution in [3.63, 3.8) is 0 Å². The Morgan fingerprint density at radius 3 is 1.20 bits per heavy atom. The van der Waals surface area contributed by atoms with Crippen LogP contribution in [-0.4, -0.2) is 18.0 Å². The van der Waals surface area contributed by atoms with Crippen LogP contribution in [0.5, 0.6) is 0 Å². The molecule has 0 spiro atoms. The molecule has 1 fully saturated rings. The SMILES string of the molecule is Cc1cc(C)c2c(c1)c1cc(C)cc(C)c1n2-c1ccc2c(c1)Sc1c(cc3c(c1C(C)(C)C)Sc1cc4c(cc1B3c1c(-c3ccccc3)cccc1-c1ccccc1)C1(C)CCC4(C)CC1)B2c1c(-c2ccccc2)cccc1-c1ccccc1. The molecule has 0 amide bonds. The van der Waals surface area contributed by atoms with Gasteiger partial charge < -0.3 is 4.57 Å². The van der Waals surface area contributed by atoms with Gasteiger partial charge in [-0.25, -0.2) is 0 Å². The van der Waals surface area contributed by atoms with Crippen molar-refractivity contribution < 1.29 is 0 Å². The highest BCUT2D eigenvalue weighted by atomic mass is 32.2. The molecular formula is C82H71B2NS2. The lowest BCUT2D eigenvalue weighted by Crippen LogP contribution is -2.62. The molecule has 0 radical (unpaired) electrons. The van der Waals surface area contributed by atoms with E-state index in [0.717, 1.165) is 0 Å². The number of fused-ring (bicyclic) bond motifs is 9. The van der Waals surface area contributed by atoms with E-state index in [1.54, 1.807) is 11.1 Å². The second kappa shape index (κ2) is 20.3. The molecule has 17 rings (SSSR count). The Bertz CT molecular complexity index is 4610. The normalized spacial score (nSPS) is 17.5. The number of aryl methyl sites for hydroxylation is 4. The van der Waals surface area contributed by atoms with Gasteiger partial charge in [0.1, 0.15) is 0 Å². The minimum absolute atomic E-state index is 0.0853. The lowest BCUT2D eigenvalue weighted by atomic mass is 9.31. The van der Waals surface area contributed by atoms with Crippen LogP contribution in [0.15, 0.2) is 238 Å². The van der Waals surface area contributed by atoms with Crippen molar-refractivity contribution in [2.75, 3.05) is 0 Å². The molecule has 422 valence electrons. The average Bonchev–Trinajstić information content (AvgIpc) is 0.930. The Balaban J connectivity index is 1.05. The van der Waals surface area contributed by atoms with E-state index in [4.69, 9.17) is 0 Å². The Labute approximate surface area is 523 Å². The molecule has 5 heteroatoms. The van der Waals surface area contributed by atoms with E-state index in [1.807, 2.05) is 11.8 Å². The maximum absolute atomic E-state index is 2.76. The Hall–Kier alpha value is -7.95. The topological polar surface area (TPSA) is 4.93 Å². The summed E-state index contributed by atoms with van der Waals surface area (Å²) < 4.78 is 2.60. The van der Waals surface area contributed by atoms with Crippen molar-refractivity contribution in [3.8, 4) is 50.2 Å². The van der Waals surface area contributed by atoms with Crippen LogP contribution < -0.4 is 32.8 Å². The van der Waals surface area contributed by atoms with E-state index in [-0.39, 0.29) is 29.7 Å². The molecule has 1 saturated carbocycles. The van der Waals surface area contributed by atoms with Crippen molar-refractivity contribution in [2.45, 2.75) is 124 Å². The first-order valence-electron chi connectivity index (χ1n) is 31.5. The fourth-order valence-electron chi connectivity index (χ4n) is 16.5. The molecule has 1 nitrogen and oxygen atoms in total. The predicted octanol–water partition coefficient (Wildman–Crippen LogP) is 18.0. The molecule has 3 aliphatic carbocycles. The van der Waals surface area contributed by atoms with Gasteiger partial charge in [0.25, 0.3) is 0 Å². The number of hydrogen-bond acceptors (Lipinski definition) is 2. The summed E-state index contributed by atoms with van der Waals surface area (Å²) in [4.78, 5) is 5.54. The van der Waals surface area contributed by atoms with E-state index in [1.165, 1.54) is 178 Å². The first kappa shape index (κ1) is 54.4. The zero-order valence-corrected chi connectivity index (χ0v) is 53.2. The van der Waals surface area contributed by atoms with Gasteiger partial charge in [0, 0.05) is 36.0 Å². The molecule has 0 unspecified atom stereocenters. The minimum atomic E-state index is -0.261. The van der Waals surface area contributed by atoms with Gasteiger partial charge in [-0.05, 0) is 172 Å². The van der Waals surface area contributed by atoms with E-state index in [9.17, 15) is 0 Å². The number of rotatable bonds is 7. The van der Waals surface area contributed by atoms with Crippen LogP contribution in [0, 0.1) is 27.7 Å². The summed E-state index contributed by atoms with van der Waals surface area (Å²) in [7, 11) is 0. The number of aromatic nitrogens is 1. The predicted molar refractivity (Wildman–Crippen MR) is 377 cm³/mol. The van der Waals surface area contributed by atoms with E-state index >= 15 is 0 Å². The van der Waals surface area contributed by atoms with Crippen LogP contribution >= 0.6 is 23.5 Å². The monoisotopic (exact) mass is 1160 g/mol. The second-order valence-corrected chi connectivity index (χ2v) is 29.6.